The van der Waals surface area contributed by atoms with E-state index in [1.54, 1.807) is 0 Å². The molecule has 0 fully saturated rings. The monoisotopic (exact) mass is 284 g/mol. The molecule has 0 bridgehead atoms. The number of halogens is 2. The molecule has 0 saturated carbocycles. The third-order valence-corrected chi connectivity index (χ3v) is 2.96. The Morgan fingerprint density at radius 3 is 1.07 bits per heavy atom. The van der Waals surface area contributed by atoms with Crippen LogP contribution in [0.4, 0.5) is 0 Å². The second kappa shape index (κ2) is 7.57. The zero-order chi connectivity index (χ0) is 9.46. The Morgan fingerprint density at radius 2 is 0.800 bits per heavy atom. The average Bonchev–Trinajstić information content (AvgIpc) is 2.08. The minimum Gasteiger partial charge on any atom is -0.507 e. The smallest absolute Gasteiger partial charge is 0.121 e. The molecule has 1 aromatic carbocycles. The Labute approximate surface area is 119 Å². The van der Waals surface area contributed by atoms with Crippen molar-refractivity contribution in [3.05, 3.63) is 27.8 Å². The van der Waals surface area contributed by atoms with Gasteiger partial charge in [-0.2, -0.15) is 0 Å². The normalized spacial score (nSPS) is 8.33. The molecule has 0 aliphatic heterocycles. The van der Waals surface area contributed by atoms with Crippen molar-refractivity contribution in [2.45, 2.75) is 34.6 Å². The first kappa shape index (κ1) is 20.7. The maximum Gasteiger partial charge on any atom is 0.121 e. The summed E-state index contributed by atoms with van der Waals surface area (Å²) in [5.41, 5.74) is 5.72. The first-order valence-electron chi connectivity index (χ1n) is 4.22. The third kappa shape index (κ3) is 3.67. The van der Waals surface area contributed by atoms with Crippen LogP contribution >= 0.6 is 24.8 Å². The molecule has 0 radical (unpaired) electrons. The van der Waals surface area contributed by atoms with E-state index in [2.05, 4.69) is 20.8 Å². The molecule has 15 heavy (non-hydrogen) atoms. The van der Waals surface area contributed by atoms with Gasteiger partial charge in [-0.25, -0.2) is 0 Å². The fourth-order valence-electron chi connectivity index (χ4n) is 1.48. The summed E-state index contributed by atoms with van der Waals surface area (Å²) < 4.78 is 0. The second-order valence-electron chi connectivity index (χ2n) is 3.47. The summed E-state index contributed by atoms with van der Waals surface area (Å²) in [6, 6.07) is 0. The van der Waals surface area contributed by atoms with Crippen LogP contribution in [0.5, 0.6) is 5.75 Å². The maximum atomic E-state index is 9.69. The maximum absolute atomic E-state index is 9.69. The van der Waals surface area contributed by atoms with Gasteiger partial charge in [0.1, 0.15) is 5.75 Å². The van der Waals surface area contributed by atoms with Crippen molar-refractivity contribution >= 4 is 24.8 Å². The molecule has 0 heterocycles. The number of aromatic hydroxyl groups is 1. The van der Waals surface area contributed by atoms with Gasteiger partial charge in [0.2, 0.25) is 0 Å². The van der Waals surface area contributed by atoms with Crippen LogP contribution in [0.1, 0.15) is 27.8 Å². The molecule has 0 saturated heterocycles. The third-order valence-electron chi connectivity index (χ3n) is 2.96. The van der Waals surface area contributed by atoms with Crippen LogP contribution in [0.2, 0.25) is 0 Å². The molecule has 0 aliphatic carbocycles. The van der Waals surface area contributed by atoms with E-state index in [4.69, 9.17) is 0 Å². The molecule has 4 heteroatoms. The fourth-order valence-corrected chi connectivity index (χ4v) is 1.48. The fraction of sp³-hybridized carbons (Fsp3) is 0.455. The summed E-state index contributed by atoms with van der Waals surface area (Å²) in [6.45, 7) is 10.1. The van der Waals surface area contributed by atoms with Gasteiger partial charge in [0.25, 0.3) is 0 Å². The van der Waals surface area contributed by atoms with E-state index in [0.717, 1.165) is 11.1 Å². The first-order chi connectivity index (χ1) is 5.46. The van der Waals surface area contributed by atoms with Gasteiger partial charge in [-0.1, -0.05) is 0 Å². The van der Waals surface area contributed by atoms with Gasteiger partial charge < -0.3 is 5.11 Å². The molecule has 0 aromatic heterocycles. The van der Waals surface area contributed by atoms with Crippen molar-refractivity contribution in [3.63, 3.8) is 0 Å². The molecule has 1 nitrogen and oxygen atoms in total. The summed E-state index contributed by atoms with van der Waals surface area (Å²) in [5.74, 6) is 0.454. The number of benzene rings is 1. The number of hydrogen-bond acceptors (Lipinski definition) is 1. The van der Waals surface area contributed by atoms with E-state index in [1.165, 1.54) is 16.7 Å². The molecule has 0 amide bonds. The SMILES string of the molecule is Cc1c(C)c(C)c(O)c(C)c1C.Cl.Cl.[Ti]. The van der Waals surface area contributed by atoms with E-state index in [0.29, 0.717) is 5.75 Å². The zero-order valence-corrected chi connectivity index (χ0v) is 13.0. The molecule has 0 aliphatic rings. The number of rotatable bonds is 0. The molecule has 86 valence electrons. The van der Waals surface area contributed by atoms with Crippen LogP contribution < -0.4 is 0 Å². The van der Waals surface area contributed by atoms with Crippen molar-refractivity contribution in [3.8, 4) is 5.75 Å². The van der Waals surface area contributed by atoms with E-state index >= 15 is 0 Å². The Balaban J connectivity index is -0.000000480. The standard InChI is InChI=1S/C11H16O.2ClH.Ti/c1-6-7(2)9(4)11(12)10(5)8(6)3;;;/h12H,1-5H3;2*1H;. The number of phenolic OH excluding ortho intramolecular Hbond substituents is 1. The van der Waals surface area contributed by atoms with E-state index < -0.39 is 0 Å². The van der Waals surface area contributed by atoms with E-state index in [1.807, 2.05) is 13.8 Å². The summed E-state index contributed by atoms with van der Waals surface area (Å²) in [4.78, 5) is 0. The Bertz CT molecular complexity index is 233. The number of phenols is 1. The predicted molar refractivity (Wildman–Crippen MR) is 66.3 cm³/mol. The van der Waals surface area contributed by atoms with Crippen LogP contribution in [-0.2, 0) is 21.7 Å². The van der Waals surface area contributed by atoms with Gasteiger partial charge >= 0.3 is 0 Å². The van der Waals surface area contributed by atoms with E-state index in [9.17, 15) is 5.11 Å². The second-order valence-corrected chi connectivity index (χ2v) is 3.47. The average molecular weight is 285 g/mol. The number of hydrogen-bond donors (Lipinski definition) is 1. The van der Waals surface area contributed by atoms with Gasteiger partial charge in [0, 0.05) is 21.7 Å². The molecule has 0 atom stereocenters. The molecule has 0 unspecified atom stereocenters. The van der Waals surface area contributed by atoms with Gasteiger partial charge in [-0.05, 0) is 62.4 Å². The molecule has 1 aromatic rings. The summed E-state index contributed by atoms with van der Waals surface area (Å²) in [7, 11) is 0. The Kier molecular flexibility index (Phi) is 10.4. The quantitative estimate of drug-likeness (QED) is 0.719. The molecule has 1 N–H and O–H groups in total. The van der Waals surface area contributed by atoms with Gasteiger partial charge in [0.15, 0.2) is 0 Å². The predicted octanol–water partition coefficient (Wildman–Crippen LogP) is 3.78. The summed E-state index contributed by atoms with van der Waals surface area (Å²) in [6.07, 6.45) is 0. The van der Waals surface area contributed by atoms with Gasteiger partial charge in [-0.3, -0.25) is 0 Å². The van der Waals surface area contributed by atoms with Crippen LogP contribution in [-0.4, -0.2) is 5.11 Å². The molecular weight excluding hydrogens is 267 g/mol. The van der Waals surface area contributed by atoms with Crippen molar-refractivity contribution in [1.82, 2.24) is 0 Å². The minimum atomic E-state index is 0. The molecule has 0 spiro atoms. The Morgan fingerprint density at radius 1 is 0.600 bits per heavy atom. The zero-order valence-electron chi connectivity index (χ0n) is 9.76. The minimum absolute atomic E-state index is 0. The van der Waals surface area contributed by atoms with Crippen molar-refractivity contribution in [1.29, 1.82) is 0 Å². The van der Waals surface area contributed by atoms with Crippen molar-refractivity contribution < 1.29 is 26.8 Å². The molecule has 1 rings (SSSR count). The van der Waals surface area contributed by atoms with Crippen LogP contribution in [0, 0.1) is 34.6 Å². The first-order valence-corrected chi connectivity index (χ1v) is 4.22. The van der Waals surface area contributed by atoms with Gasteiger partial charge in [0.05, 0.1) is 0 Å². The van der Waals surface area contributed by atoms with Crippen LogP contribution in [0.25, 0.3) is 0 Å². The largest absolute Gasteiger partial charge is 0.507 e. The molecular formula is C11H18Cl2OTi. The van der Waals surface area contributed by atoms with Crippen LogP contribution in [0.15, 0.2) is 0 Å². The van der Waals surface area contributed by atoms with Crippen LogP contribution in [0.3, 0.4) is 0 Å². The van der Waals surface area contributed by atoms with Gasteiger partial charge in [-0.15, -0.1) is 24.8 Å². The van der Waals surface area contributed by atoms with Crippen molar-refractivity contribution in [2.24, 2.45) is 0 Å². The Hall–Kier alpha value is 0.314. The summed E-state index contributed by atoms with van der Waals surface area (Å²) >= 11 is 0. The summed E-state index contributed by atoms with van der Waals surface area (Å²) in [5, 5.41) is 9.69. The van der Waals surface area contributed by atoms with E-state index in [-0.39, 0.29) is 46.5 Å². The van der Waals surface area contributed by atoms with Crippen molar-refractivity contribution in [2.75, 3.05) is 0 Å². The topological polar surface area (TPSA) is 20.2 Å².